The number of aliphatic hydroxyl groups is 2. The maximum atomic E-state index is 14.1. The molecule has 6 atom stereocenters. The SMILES string of the molecule is CC[C@H](C)[C@H](NC(=O)[C@H](C(C)C)[C@@H](O)[C@H](O)[C@H](CC1CCCCC1)NC(=O)c1cccc(C)c1OCOc1ccccc1)C(=O)NCc1nc2ccccc2[nH]1. The number of para-hydroxylation sites is 4. The van der Waals surface area contributed by atoms with E-state index in [0.717, 1.165) is 48.7 Å². The van der Waals surface area contributed by atoms with Crippen LogP contribution in [0.5, 0.6) is 11.5 Å². The average molecular weight is 770 g/mol. The Morgan fingerprint density at radius 3 is 2.27 bits per heavy atom. The van der Waals surface area contributed by atoms with E-state index in [1.807, 2.05) is 81.4 Å². The van der Waals surface area contributed by atoms with E-state index < -0.39 is 47.9 Å². The van der Waals surface area contributed by atoms with Crippen molar-refractivity contribution in [3.63, 3.8) is 0 Å². The van der Waals surface area contributed by atoms with Gasteiger partial charge in [0.1, 0.15) is 29.5 Å². The van der Waals surface area contributed by atoms with Crippen LogP contribution in [-0.4, -0.2) is 69.0 Å². The van der Waals surface area contributed by atoms with Crippen molar-refractivity contribution in [1.29, 1.82) is 0 Å². The Bertz CT molecular complexity index is 1840. The third-order valence-electron chi connectivity index (χ3n) is 11.1. The Morgan fingerprint density at radius 1 is 0.857 bits per heavy atom. The van der Waals surface area contributed by atoms with E-state index in [9.17, 15) is 24.6 Å². The predicted octanol–water partition coefficient (Wildman–Crippen LogP) is 6.20. The number of ether oxygens (including phenoxy) is 2. The second-order valence-electron chi connectivity index (χ2n) is 15.5. The van der Waals surface area contributed by atoms with Gasteiger partial charge in [-0.05, 0) is 67.0 Å². The first kappa shape index (κ1) is 42.2. The standard InChI is InChI=1S/C44H59N5O7/c1-6-28(4)38(44(54)45-25-36-46-33-22-13-14-23-34(33)47-36)49-43(53)37(27(2)3)40(51)39(50)35(24-30-17-9-7-10-18-30)48-42(52)32-21-15-16-29(5)41(32)56-26-55-31-19-11-8-12-20-31/h8,11-16,19-23,27-28,30,35,37-40,50-51H,6-7,9-10,17-18,24-26H2,1-5H3,(H,45,54)(H,46,47)(H,48,52)(H,49,53)/t28-,35-,37+,38-,39+,40+/m0/s1. The van der Waals surface area contributed by atoms with Gasteiger partial charge in [0.25, 0.3) is 5.91 Å². The number of hydrogen-bond acceptors (Lipinski definition) is 8. The van der Waals surface area contributed by atoms with Gasteiger partial charge < -0.3 is 40.6 Å². The lowest BCUT2D eigenvalue weighted by Gasteiger charge is -2.36. The summed E-state index contributed by atoms with van der Waals surface area (Å²) in [7, 11) is 0. The third kappa shape index (κ3) is 11.1. The van der Waals surface area contributed by atoms with E-state index in [0.29, 0.717) is 30.2 Å². The molecule has 3 aromatic carbocycles. The number of H-pyrrole nitrogens is 1. The van der Waals surface area contributed by atoms with Crippen LogP contribution in [0.25, 0.3) is 11.0 Å². The maximum Gasteiger partial charge on any atom is 0.255 e. The van der Waals surface area contributed by atoms with Gasteiger partial charge in [-0.2, -0.15) is 0 Å². The van der Waals surface area contributed by atoms with Gasteiger partial charge in [0.05, 0.1) is 41.2 Å². The highest BCUT2D eigenvalue weighted by Gasteiger charge is 2.41. The van der Waals surface area contributed by atoms with Crippen LogP contribution < -0.4 is 25.4 Å². The summed E-state index contributed by atoms with van der Waals surface area (Å²) in [5, 5.41) is 32.7. The van der Waals surface area contributed by atoms with Gasteiger partial charge >= 0.3 is 0 Å². The molecule has 0 radical (unpaired) electrons. The van der Waals surface area contributed by atoms with Crippen molar-refractivity contribution in [1.82, 2.24) is 25.9 Å². The Balaban J connectivity index is 1.31. The molecule has 0 spiro atoms. The first-order valence-electron chi connectivity index (χ1n) is 20.1. The topological polar surface area (TPSA) is 175 Å². The Hall–Kier alpha value is -4.94. The molecule has 4 aromatic rings. The predicted molar refractivity (Wildman–Crippen MR) is 216 cm³/mol. The van der Waals surface area contributed by atoms with E-state index in [1.54, 1.807) is 26.0 Å². The summed E-state index contributed by atoms with van der Waals surface area (Å²) in [6.07, 6.45) is 3.12. The molecule has 12 nitrogen and oxygen atoms in total. The summed E-state index contributed by atoms with van der Waals surface area (Å²) in [4.78, 5) is 49.5. The molecule has 1 saturated carbocycles. The molecule has 1 aromatic heterocycles. The Labute approximate surface area is 330 Å². The normalized spacial score (nSPS) is 16.6. The number of imidazole rings is 1. The molecule has 0 bridgehead atoms. The molecule has 0 unspecified atom stereocenters. The summed E-state index contributed by atoms with van der Waals surface area (Å²) >= 11 is 0. The van der Waals surface area contributed by atoms with Crippen LogP contribution in [0.15, 0.2) is 72.8 Å². The summed E-state index contributed by atoms with van der Waals surface area (Å²) in [5.41, 5.74) is 2.64. The Kier molecular flexibility index (Phi) is 15.3. The highest BCUT2D eigenvalue weighted by Crippen LogP contribution is 2.31. The molecule has 1 heterocycles. The smallest absolute Gasteiger partial charge is 0.255 e. The third-order valence-corrected chi connectivity index (χ3v) is 11.1. The highest BCUT2D eigenvalue weighted by molar-refractivity contribution is 5.97. The molecule has 5 rings (SSSR count). The zero-order chi connectivity index (χ0) is 40.2. The summed E-state index contributed by atoms with van der Waals surface area (Å²) in [6.45, 7) is 9.27. The maximum absolute atomic E-state index is 14.1. The molecule has 0 saturated heterocycles. The number of hydrogen-bond donors (Lipinski definition) is 6. The fourth-order valence-electron chi connectivity index (χ4n) is 7.63. The monoisotopic (exact) mass is 769 g/mol. The quantitative estimate of drug-likeness (QED) is 0.0612. The number of benzene rings is 3. The molecule has 12 heteroatoms. The van der Waals surface area contributed by atoms with Gasteiger partial charge in [-0.25, -0.2) is 4.98 Å². The zero-order valence-corrected chi connectivity index (χ0v) is 33.3. The lowest BCUT2D eigenvalue weighted by molar-refractivity contribution is -0.140. The number of aliphatic hydroxyl groups excluding tert-OH is 2. The number of nitrogens with zero attached hydrogens (tertiary/aromatic N) is 1. The van der Waals surface area contributed by atoms with E-state index >= 15 is 0 Å². The van der Waals surface area contributed by atoms with Crippen LogP contribution in [0.1, 0.15) is 94.4 Å². The van der Waals surface area contributed by atoms with Gasteiger partial charge in [0.2, 0.25) is 18.6 Å². The second-order valence-corrected chi connectivity index (χ2v) is 15.5. The molecular formula is C44H59N5O7. The fraction of sp³-hybridized carbons (Fsp3) is 0.500. The fourth-order valence-corrected chi connectivity index (χ4v) is 7.63. The first-order valence-corrected chi connectivity index (χ1v) is 20.1. The molecule has 0 aliphatic heterocycles. The number of rotatable bonds is 19. The number of aromatic nitrogens is 2. The van der Waals surface area contributed by atoms with Crippen molar-refractivity contribution in [2.45, 2.75) is 110 Å². The number of aromatic amines is 1. The molecule has 3 amide bonds. The van der Waals surface area contributed by atoms with Crippen molar-refractivity contribution >= 4 is 28.8 Å². The molecule has 1 aliphatic rings. The molecule has 1 fully saturated rings. The summed E-state index contributed by atoms with van der Waals surface area (Å²) in [6, 6.07) is 20.3. The van der Waals surface area contributed by atoms with Gasteiger partial charge in [0, 0.05) is 0 Å². The van der Waals surface area contributed by atoms with Crippen LogP contribution >= 0.6 is 0 Å². The second kappa shape index (κ2) is 20.3. The molecule has 6 N–H and O–H groups in total. The average Bonchev–Trinajstić information content (AvgIpc) is 3.62. The largest absolute Gasteiger partial charge is 0.458 e. The van der Waals surface area contributed by atoms with Crippen molar-refractivity contribution in [3.05, 3.63) is 89.7 Å². The van der Waals surface area contributed by atoms with E-state index in [4.69, 9.17) is 9.47 Å². The first-order chi connectivity index (χ1) is 27.0. The van der Waals surface area contributed by atoms with E-state index in [-0.39, 0.29) is 36.6 Å². The number of carbonyl (C=O) groups excluding carboxylic acids is 3. The van der Waals surface area contributed by atoms with Gasteiger partial charge in [-0.3, -0.25) is 14.4 Å². The number of carbonyl (C=O) groups is 3. The molecule has 56 heavy (non-hydrogen) atoms. The minimum Gasteiger partial charge on any atom is -0.458 e. The van der Waals surface area contributed by atoms with Crippen LogP contribution in [0, 0.1) is 30.6 Å². The van der Waals surface area contributed by atoms with Gasteiger partial charge in [0.15, 0.2) is 0 Å². The summed E-state index contributed by atoms with van der Waals surface area (Å²) < 4.78 is 11.7. The van der Waals surface area contributed by atoms with Crippen LogP contribution in [0.3, 0.4) is 0 Å². The van der Waals surface area contributed by atoms with Crippen molar-refractivity contribution in [2.75, 3.05) is 6.79 Å². The minimum absolute atomic E-state index is 0.122. The number of fused-ring (bicyclic) bond motifs is 1. The van der Waals surface area contributed by atoms with Crippen molar-refractivity contribution < 1.29 is 34.1 Å². The lowest BCUT2D eigenvalue weighted by atomic mass is 9.79. The number of nitrogens with one attached hydrogen (secondary N) is 4. The molecule has 302 valence electrons. The van der Waals surface area contributed by atoms with Crippen molar-refractivity contribution in [3.8, 4) is 11.5 Å². The van der Waals surface area contributed by atoms with Crippen LogP contribution in [0.2, 0.25) is 0 Å². The Morgan fingerprint density at radius 2 is 1.57 bits per heavy atom. The zero-order valence-electron chi connectivity index (χ0n) is 33.3. The minimum atomic E-state index is -1.55. The van der Waals surface area contributed by atoms with E-state index in [2.05, 4.69) is 25.9 Å². The molecule has 1 aliphatic carbocycles. The number of amides is 3. The number of aryl methyl sites for hydroxylation is 1. The van der Waals surface area contributed by atoms with Crippen molar-refractivity contribution in [2.24, 2.45) is 23.7 Å². The molecular weight excluding hydrogens is 711 g/mol. The van der Waals surface area contributed by atoms with Crippen LogP contribution in [0.4, 0.5) is 0 Å². The highest BCUT2D eigenvalue weighted by atomic mass is 16.7. The van der Waals surface area contributed by atoms with Gasteiger partial charge in [-0.1, -0.05) is 109 Å². The van der Waals surface area contributed by atoms with E-state index in [1.165, 1.54) is 0 Å². The van der Waals surface area contributed by atoms with Gasteiger partial charge in [-0.15, -0.1) is 0 Å². The van der Waals surface area contributed by atoms with Crippen LogP contribution in [-0.2, 0) is 16.1 Å². The lowest BCUT2D eigenvalue weighted by Crippen LogP contribution is -2.57. The summed E-state index contributed by atoms with van der Waals surface area (Å²) in [5.74, 6) is -1.35.